The van der Waals surface area contributed by atoms with Gasteiger partial charge in [-0.15, -0.1) is 0 Å². The quantitative estimate of drug-likeness (QED) is 0.471. The van der Waals surface area contributed by atoms with Gasteiger partial charge in [0.2, 0.25) is 0 Å². The Labute approximate surface area is 172 Å². The molecule has 0 aliphatic rings. The molecule has 0 radical (unpaired) electrons. The summed E-state index contributed by atoms with van der Waals surface area (Å²) >= 11 is 0. The highest BCUT2D eigenvalue weighted by molar-refractivity contribution is 5.95. The molecule has 0 saturated carbocycles. The molecule has 0 fully saturated rings. The molecule has 1 N–H and O–H groups in total. The van der Waals surface area contributed by atoms with Crippen molar-refractivity contribution in [1.29, 1.82) is 0 Å². The van der Waals surface area contributed by atoms with Crippen molar-refractivity contribution in [3.63, 3.8) is 0 Å². The van der Waals surface area contributed by atoms with E-state index in [9.17, 15) is 4.79 Å². The van der Waals surface area contributed by atoms with Crippen molar-refractivity contribution in [2.75, 3.05) is 18.0 Å². The lowest BCUT2D eigenvalue weighted by molar-refractivity contribution is 0.0955. The zero-order valence-corrected chi connectivity index (χ0v) is 17.5. The van der Waals surface area contributed by atoms with E-state index in [1.165, 1.54) is 5.69 Å². The Morgan fingerprint density at radius 2 is 1.52 bits per heavy atom. The van der Waals surface area contributed by atoms with Crippen molar-refractivity contribution in [1.82, 2.24) is 9.99 Å². The van der Waals surface area contributed by atoms with Crippen molar-refractivity contribution >= 4 is 17.8 Å². The van der Waals surface area contributed by atoms with Gasteiger partial charge in [0.25, 0.3) is 5.91 Å². The van der Waals surface area contributed by atoms with Crippen LogP contribution in [-0.4, -0.2) is 29.8 Å². The van der Waals surface area contributed by atoms with Gasteiger partial charge in [-0.1, -0.05) is 12.1 Å². The highest BCUT2D eigenvalue weighted by Crippen LogP contribution is 2.17. The Hall–Kier alpha value is -3.34. The first-order chi connectivity index (χ1) is 14.0. The molecule has 0 atom stereocenters. The zero-order valence-electron chi connectivity index (χ0n) is 17.5. The third kappa shape index (κ3) is 4.74. The molecule has 5 nitrogen and oxygen atoms in total. The third-order valence-corrected chi connectivity index (χ3v) is 5.06. The maximum atomic E-state index is 12.3. The van der Waals surface area contributed by atoms with Crippen molar-refractivity contribution in [2.24, 2.45) is 5.10 Å². The molecule has 3 rings (SSSR count). The van der Waals surface area contributed by atoms with Crippen LogP contribution in [0, 0.1) is 13.8 Å². The van der Waals surface area contributed by atoms with E-state index in [2.05, 4.69) is 72.0 Å². The lowest BCUT2D eigenvalue weighted by atomic mass is 10.2. The van der Waals surface area contributed by atoms with E-state index in [4.69, 9.17) is 0 Å². The summed E-state index contributed by atoms with van der Waals surface area (Å²) in [6.45, 7) is 10.4. The number of amides is 1. The van der Waals surface area contributed by atoms with E-state index in [0.29, 0.717) is 5.56 Å². The number of carbonyl (C=O) groups is 1. The van der Waals surface area contributed by atoms with E-state index >= 15 is 0 Å². The summed E-state index contributed by atoms with van der Waals surface area (Å²) in [7, 11) is 0. The number of carbonyl (C=O) groups excluding carboxylic acids is 1. The fraction of sp³-hybridized carbons (Fsp3) is 0.250. The van der Waals surface area contributed by atoms with Gasteiger partial charge in [-0.25, -0.2) is 5.43 Å². The number of nitrogens with zero attached hydrogens (tertiary/aromatic N) is 3. The smallest absolute Gasteiger partial charge is 0.271 e. The Morgan fingerprint density at radius 3 is 2.07 bits per heavy atom. The molecule has 2 aromatic carbocycles. The summed E-state index contributed by atoms with van der Waals surface area (Å²) < 4.78 is 2.15. The maximum Gasteiger partial charge on any atom is 0.271 e. The van der Waals surface area contributed by atoms with Gasteiger partial charge in [0, 0.05) is 41.4 Å². The fourth-order valence-corrected chi connectivity index (χ4v) is 3.43. The number of hydrogen-bond donors (Lipinski definition) is 1. The van der Waals surface area contributed by atoms with Gasteiger partial charge < -0.3 is 9.47 Å². The highest BCUT2D eigenvalue weighted by atomic mass is 16.2. The Bertz CT molecular complexity index is 961. The first-order valence-corrected chi connectivity index (χ1v) is 9.97. The van der Waals surface area contributed by atoms with Crippen LogP contribution in [0.25, 0.3) is 5.69 Å². The van der Waals surface area contributed by atoms with Crippen LogP contribution in [0.3, 0.4) is 0 Å². The number of hydrazone groups is 1. The van der Waals surface area contributed by atoms with Crippen molar-refractivity contribution < 1.29 is 4.79 Å². The summed E-state index contributed by atoms with van der Waals surface area (Å²) in [5, 5.41) is 4.09. The van der Waals surface area contributed by atoms with Gasteiger partial charge in [0.05, 0.1) is 6.21 Å². The van der Waals surface area contributed by atoms with Crippen LogP contribution in [0.5, 0.6) is 0 Å². The summed E-state index contributed by atoms with van der Waals surface area (Å²) in [6.07, 6.45) is 1.66. The van der Waals surface area contributed by atoms with Gasteiger partial charge >= 0.3 is 0 Å². The number of nitrogens with one attached hydrogen (secondary N) is 1. The lowest BCUT2D eigenvalue weighted by Gasteiger charge is -2.20. The number of anilines is 1. The van der Waals surface area contributed by atoms with E-state index in [1.54, 1.807) is 6.21 Å². The zero-order chi connectivity index (χ0) is 20.8. The average Bonchev–Trinajstić information content (AvgIpc) is 3.08. The molecular weight excluding hydrogens is 360 g/mol. The first-order valence-electron chi connectivity index (χ1n) is 9.97. The minimum Gasteiger partial charge on any atom is -0.372 e. The van der Waals surface area contributed by atoms with Gasteiger partial charge in [-0.2, -0.15) is 5.10 Å². The van der Waals surface area contributed by atoms with Crippen molar-refractivity contribution in [2.45, 2.75) is 27.7 Å². The van der Waals surface area contributed by atoms with Crippen LogP contribution in [-0.2, 0) is 0 Å². The predicted molar refractivity (Wildman–Crippen MR) is 120 cm³/mol. The molecule has 1 amide bonds. The fourth-order valence-electron chi connectivity index (χ4n) is 3.43. The molecule has 150 valence electrons. The summed E-state index contributed by atoms with van der Waals surface area (Å²) in [6, 6.07) is 19.8. The molecule has 0 aliphatic heterocycles. The topological polar surface area (TPSA) is 49.6 Å². The van der Waals surface area contributed by atoms with Crippen LogP contribution in [0.1, 0.15) is 41.2 Å². The Morgan fingerprint density at radius 1 is 0.931 bits per heavy atom. The molecular formula is C24H28N4O. The van der Waals surface area contributed by atoms with Crippen LogP contribution in [0.15, 0.2) is 65.8 Å². The van der Waals surface area contributed by atoms with E-state index in [1.807, 2.05) is 36.4 Å². The van der Waals surface area contributed by atoms with E-state index < -0.39 is 0 Å². The second-order valence-electron chi connectivity index (χ2n) is 6.96. The van der Waals surface area contributed by atoms with Crippen LogP contribution in [0.2, 0.25) is 0 Å². The third-order valence-electron chi connectivity index (χ3n) is 5.06. The number of benzene rings is 2. The molecule has 29 heavy (non-hydrogen) atoms. The molecule has 0 unspecified atom stereocenters. The van der Waals surface area contributed by atoms with Crippen LogP contribution in [0.4, 0.5) is 5.69 Å². The van der Waals surface area contributed by atoms with E-state index in [-0.39, 0.29) is 5.91 Å². The number of rotatable bonds is 7. The largest absolute Gasteiger partial charge is 0.372 e. The summed E-state index contributed by atoms with van der Waals surface area (Å²) in [5.74, 6) is -0.228. The number of hydrogen-bond acceptors (Lipinski definition) is 3. The SMILES string of the molecule is CCN(CC)c1ccc(C=NNC(=O)c2ccc(-n3c(C)ccc3C)cc2)cc1. The molecule has 0 spiro atoms. The second-order valence-corrected chi connectivity index (χ2v) is 6.96. The minimum atomic E-state index is -0.228. The molecule has 3 aromatic rings. The summed E-state index contributed by atoms with van der Waals surface area (Å²) in [4.78, 5) is 14.6. The van der Waals surface area contributed by atoms with Gasteiger partial charge in [-0.3, -0.25) is 4.79 Å². The number of aromatic nitrogens is 1. The van der Waals surface area contributed by atoms with Crippen molar-refractivity contribution in [3.05, 3.63) is 83.2 Å². The molecule has 1 heterocycles. The first kappa shape index (κ1) is 20.4. The van der Waals surface area contributed by atoms with Gasteiger partial charge in [0.1, 0.15) is 0 Å². The summed E-state index contributed by atoms with van der Waals surface area (Å²) in [5.41, 5.74) is 8.66. The molecule has 0 aliphatic carbocycles. The Balaban J connectivity index is 1.62. The van der Waals surface area contributed by atoms with Gasteiger partial charge in [-0.05, 0) is 81.8 Å². The van der Waals surface area contributed by atoms with Crippen LogP contribution < -0.4 is 10.3 Å². The minimum absolute atomic E-state index is 0.228. The molecule has 0 bridgehead atoms. The molecule has 1 aromatic heterocycles. The highest BCUT2D eigenvalue weighted by Gasteiger charge is 2.07. The Kier molecular flexibility index (Phi) is 6.50. The maximum absolute atomic E-state index is 12.3. The van der Waals surface area contributed by atoms with Gasteiger partial charge in [0.15, 0.2) is 0 Å². The molecule has 5 heteroatoms. The number of aryl methyl sites for hydroxylation is 2. The predicted octanol–water partition coefficient (Wildman–Crippen LogP) is 4.70. The van der Waals surface area contributed by atoms with Crippen molar-refractivity contribution in [3.8, 4) is 5.69 Å². The average molecular weight is 389 g/mol. The van der Waals surface area contributed by atoms with E-state index in [0.717, 1.165) is 35.7 Å². The van der Waals surface area contributed by atoms with Crippen LogP contribution >= 0.6 is 0 Å². The second kappa shape index (κ2) is 9.24. The molecule has 0 saturated heterocycles. The monoisotopic (exact) mass is 388 g/mol. The standard InChI is InChI=1S/C24H28N4O/c1-5-27(6-2)22-13-9-20(10-14-22)17-25-26-24(29)21-11-15-23(16-12-21)28-18(3)7-8-19(28)4/h7-17H,5-6H2,1-4H3,(H,26,29). The normalized spacial score (nSPS) is 11.0. The lowest BCUT2D eigenvalue weighted by Crippen LogP contribution is -2.21.